The van der Waals surface area contributed by atoms with Crippen LogP contribution in [0.15, 0.2) is 0 Å². The lowest BCUT2D eigenvalue weighted by atomic mass is 10.1. The monoisotopic (exact) mass is 322 g/mol. The number of nitrogens with one attached hydrogen (secondary N) is 1. The number of rotatable bonds is 1. The Morgan fingerprint density at radius 1 is 0.955 bits per heavy atom. The first-order valence-electron chi connectivity index (χ1n) is 7.55. The summed E-state index contributed by atoms with van der Waals surface area (Å²) in [5.74, 6) is 0.351. The molecular formula is C18H46N2O2. The van der Waals surface area contributed by atoms with E-state index >= 15 is 0 Å². The summed E-state index contributed by atoms with van der Waals surface area (Å²) in [5, 5.41) is 2.58. The maximum Gasteiger partial charge on any atom is 0.242 e. The van der Waals surface area contributed by atoms with Crippen molar-refractivity contribution in [1.29, 1.82) is 0 Å². The van der Waals surface area contributed by atoms with Gasteiger partial charge in [0.25, 0.3) is 0 Å². The summed E-state index contributed by atoms with van der Waals surface area (Å²) >= 11 is 0. The Morgan fingerprint density at radius 2 is 1.32 bits per heavy atom. The van der Waals surface area contributed by atoms with Crippen molar-refractivity contribution in [3.05, 3.63) is 0 Å². The van der Waals surface area contributed by atoms with Crippen molar-refractivity contribution >= 4 is 11.8 Å². The molecule has 2 unspecified atom stereocenters. The normalized spacial score (nSPS) is 17.0. The maximum absolute atomic E-state index is 11.4. The van der Waals surface area contributed by atoms with Crippen LogP contribution < -0.4 is 5.32 Å². The van der Waals surface area contributed by atoms with Gasteiger partial charge in [0, 0.05) is 20.5 Å². The summed E-state index contributed by atoms with van der Waals surface area (Å²) in [6.07, 6.45) is 0.777. The van der Waals surface area contributed by atoms with Crippen molar-refractivity contribution in [2.24, 2.45) is 5.92 Å². The first-order valence-corrected chi connectivity index (χ1v) is 7.55. The van der Waals surface area contributed by atoms with Crippen molar-refractivity contribution in [3.63, 3.8) is 0 Å². The topological polar surface area (TPSA) is 49.4 Å². The SMILES string of the molecule is C.C.C.CC.CC.CC.CNC(=O)C1CC(C)CN1C(C)=O. The van der Waals surface area contributed by atoms with Crippen molar-refractivity contribution in [1.82, 2.24) is 10.2 Å². The molecule has 2 amide bonds. The quantitative estimate of drug-likeness (QED) is 0.740. The summed E-state index contributed by atoms with van der Waals surface area (Å²) in [4.78, 5) is 24.2. The van der Waals surface area contributed by atoms with E-state index in [2.05, 4.69) is 12.2 Å². The number of amides is 2. The highest BCUT2D eigenvalue weighted by Crippen LogP contribution is 2.22. The van der Waals surface area contributed by atoms with Crippen LogP contribution >= 0.6 is 0 Å². The number of likely N-dealkylation sites (N-methyl/N-ethyl adjacent to an activating group) is 1. The fourth-order valence-corrected chi connectivity index (χ4v) is 1.81. The first kappa shape index (κ1) is 37.3. The van der Waals surface area contributed by atoms with Crippen molar-refractivity contribution in [2.45, 2.75) is 90.1 Å². The van der Waals surface area contributed by atoms with E-state index in [1.54, 1.807) is 11.9 Å². The minimum absolute atomic E-state index is 0. The van der Waals surface area contributed by atoms with Gasteiger partial charge < -0.3 is 10.2 Å². The Kier molecular flexibility index (Phi) is 42.3. The van der Waals surface area contributed by atoms with Crippen LogP contribution in [-0.2, 0) is 9.59 Å². The Morgan fingerprint density at radius 3 is 1.59 bits per heavy atom. The molecule has 1 aliphatic heterocycles. The summed E-state index contributed by atoms with van der Waals surface area (Å²) in [7, 11) is 1.60. The van der Waals surface area contributed by atoms with Crippen molar-refractivity contribution in [3.8, 4) is 0 Å². The van der Waals surface area contributed by atoms with E-state index in [0.717, 1.165) is 6.42 Å². The zero-order chi connectivity index (χ0) is 16.0. The van der Waals surface area contributed by atoms with Crippen molar-refractivity contribution in [2.75, 3.05) is 13.6 Å². The highest BCUT2D eigenvalue weighted by atomic mass is 16.2. The average Bonchev–Trinajstić information content (AvgIpc) is 2.87. The second kappa shape index (κ2) is 24.9. The second-order valence-corrected chi connectivity index (χ2v) is 3.64. The fraction of sp³-hybridized carbons (Fsp3) is 0.889. The van der Waals surface area contributed by atoms with E-state index in [1.165, 1.54) is 6.92 Å². The van der Waals surface area contributed by atoms with Crippen LogP contribution in [0.2, 0.25) is 0 Å². The zero-order valence-electron chi connectivity index (χ0n) is 14.3. The minimum Gasteiger partial charge on any atom is -0.357 e. The Hall–Kier alpha value is -1.06. The standard InChI is InChI=1S/C9H16N2O2.3C2H6.3CH4/c1-6-4-8(9(13)10-3)11(5-6)7(2)12;3*1-2;;;/h6,8H,4-5H2,1-3H3,(H,10,13);3*1-2H3;3*1H4. The number of hydrogen-bond donors (Lipinski definition) is 1. The van der Waals surface area contributed by atoms with E-state index in [0.29, 0.717) is 12.5 Å². The van der Waals surface area contributed by atoms with Gasteiger partial charge in [-0.25, -0.2) is 0 Å². The van der Waals surface area contributed by atoms with Gasteiger partial charge in [0.2, 0.25) is 11.8 Å². The van der Waals surface area contributed by atoms with Gasteiger partial charge in [-0.05, 0) is 12.3 Å². The Balaban J connectivity index is -0.0000000638. The number of carbonyl (C=O) groups is 2. The summed E-state index contributed by atoms with van der Waals surface area (Å²) < 4.78 is 0. The van der Waals surface area contributed by atoms with E-state index in [-0.39, 0.29) is 40.1 Å². The van der Waals surface area contributed by atoms with Crippen LogP contribution in [0.25, 0.3) is 0 Å². The Labute approximate surface area is 142 Å². The lowest BCUT2D eigenvalue weighted by Crippen LogP contribution is -2.43. The molecule has 0 aromatic carbocycles. The molecule has 0 radical (unpaired) electrons. The summed E-state index contributed by atoms with van der Waals surface area (Å²) in [6, 6.07) is -0.252. The summed E-state index contributed by atoms with van der Waals surface area (Å²) in [5.41, 5.74) is 0. The predicted molar refractivity (Wildman–Crippen MR) is 103 cm³/mol. The van der Waals surface area contributed by atoms with Gasteiger partial charge in [0.1, 0.15) is 6.04 Å². The molecule has 0 saturated carbocycles. The lowest BCUT2D eigenvalue weighted by Gasteiger charge is -2.21. The van der Waals surface area contributed by atoms with Crippen LogP contribution in [-0.4, -0.2) is 36.3 Å². The van der Waals surface area contributed by atoms with Gasteiger partial charge in [0.05, 0.1) is 0 Å². The molecule has 4 nitrogen and oxygen atoms in total. The third kappa shape index (κ3) is 13.9. The molecule has 0 aliphatic carbocycles. The van der Waals surface area contributed by atoms with Crippen LogP contribution in [0.5, 0.6) is 0 Å². The average molecular weight is 323 g/mol. The number of carbonyl (C=O) groups excluding carboxylic acids is 2. The molecule has 22 heavy (non-hydrogen) atoms. The molecule has 1 rings (SSSR count). The van der Waals surface area contributed by atoms with Gasteiger partial charge in [-0.2, -0.15) is 0 Å². The van der Waals surface area contributed by atoms with Gasteiger partial charge in [-0.1, -0.05) is 70.7 Å². The van der Waals surface area contributed by atoms with Crippen LogP contribution in [0.1, 0.15) is 84.1 Å². The molecular weight excluding hydrogens is 276 g/mol. The zero-order valence-corrected chi connectivity index (χ0v) is 14.3. The fourth-order valence-electron chi connectivity index (χ4n) is 1.81. The van der Waals surface area contributed by atoms with Gasteiger partial charge in [-0.15, -0.1) is 0 Å². The van der Waals surface area contributed by atoms with E-state index in [1.807, 2.05) is 41.5 Å². The molecule has 1 aliphatic rings. The minimum atomic E-state index is -0.252. The first-order chi connectivity index (χ1) is 9.06. The third-order valence-electron chi connectivity index (χ3n) is 2.46. The molecule has 1 fully saturated rings. The van der Waals surface area contributed by atoms with E-state index < -0.39 is 0 Å². The largest absolute Gasteiger partial charge is 0.357 e. The molecule has 4 heteroatoms. The molecule has 0 aromatic rings. The number of likely N-dealkylation sites (tertiary alicyclic amines) is 1. The molecule has 1 saturated heterocycles. The molecule has 0 spiro atoms. The van der Waals surface area contributed by atoms with Crippen LogP contribution in [0.3, 0.4) is 0 Å². The highest BCUT2D eigenvalue weighted by molar-refractivity contribution is 5.87. The third-order valence-corrected chi connectivity index (χ3v) is 2.46. The molecule has 2 atom stereocenters. The second-order valence-electron chi connectivity index (χ2n) is 3.64. The van der Waals surface area contributed by atoms with E-state index in [4.69, 9.17) is 0 Å². The molecule has 1 N–H and O–H groups in total. The lowest BCUT2D eigenvalue weighted by molar-refractivity contribution is -0.136. The smallest absolute Gasteiger partial charge is 0.242 e. The highest BCUT2D eigenvalue weighted by Gasteiger charge is 2.35. The van der Waals surface area contributed by atoms with Crippen LogP contribution in [0.4, 0.5) is 0 Å². The molecule has 0 bridgehead atoms. The van der Waals surface area contributed by atoms with Crippen LogP contribution in [0, 0.1) is 5.92 Å². The molecule has 140 valence electrons. The van der Waals surface area contributed by atoms with Gasteiger partial charge >= 0.3 is 0 Å². The maximum atomic E-state index is 11.4. The Bertz CT molecular complexity index is 231. The van der Waals surface area contributed by atoms with Gasteiger partial charge in [-0.3, -0.25) is 9.59 Å². The number of hydrogen-bond acceptors (Lipinski definition) is 2. The van der Waals surface area contributed by atoms with Crippen molar-refractivity contribution < 1.29 is 9.59 Å². The predicted octanol–water partition coefficient (Wildman–Crippen LogP) is 4.98. The number of nitrogens with zero attached hydrogens (tertiary/aromatic N) is 1. The van der Waals surface area contributed by atoms with Gasteiger partial charge in [0.15, 0.2) is 0 Å². The summed E-state index contributed by atoms with van der Waals surface area (Å²) in [6.45, 7) is 16.3. The van der Waals surface area contributed by atoms with E-state index in [9.17, 15) is 9.59 Å². The molecule has 0 aromatic heterocycles. The molecule has 1 heterocycles.